The minimum Gasteiger partial charge on any atom is -0.493 e. The van der Waals surface area contributed by atoms with Gasteiger partial charge in [-0.05, 0) is 29.8 Å². The molecule has 0 heterocycles. The monoisotopic (exact) mass is 352 g/mol. The van der Waals surface area contributed by atoms with Crippen LogP contribution in [0.15, 0.2) is 36.4 Å². The lowest BCUT2D eigenvalue weighted by molar-refractivity contribution is -0.384. The molecule has 0 aromatic heterocycles. The van der Waals surface area contributed by atoms with Crippen molar-refractivity contribution in [1.29, 1.82) is 0 Å². The van der Waals surface area contributed by atoms with Gasteiger partial charge in [-0.15, -0.1) is 0 Å². The molecule has 0 radical (unpaired) electrons. The Hall–Kier alpha value is -3.23. The minimum absolute atomic E-state index is 0.109. The number of aldehydes is 1. The van der Waals surface area contributed by atoms with E-state index in [0.29, 0.717) is 11.8 Å². The molecule has 0 bridgehead atoms. The number of nitrogens with one attached hydrogen (secondary N) is 1. The van der Waals surface area contributed by atoms with E-state index in [0.717, 1.165) is 6.07 Å². The summed E-state index contributed by atoms with van der Waals surface area (Å²) in [7, 11) is 1.31. The number of benzene rings is 2. The lowest BCUT2D eigenvalue weighted by atomic mass is 10.1. The highest BCUT2D eigenvalue weighted by Gasteiger charge is 2.15. The standard InChI is InChI=1S/C16H14F2N2O5/c1-24-15-7-10(3-5-14(15)25-16(17)18)8-19-12-4-2-11(9-21)6-13(12)20(22)23/h2-7,9,16,19H,8H2,1H3. The zero-order chi connectivity index (χ0) is 18.4. The van der Waals surface area contributed by atoms with Gasteiger partial charge in [0.25, 0.3) is 5.69 Å². The first-order valence-electron chi connectivity index (χ1n) is 7.03. The minimum atomic E-state index is -2.98. The first kappa shape index (κ1) is 18.1. The fourth-order valence-corrected chi connectivity index (χ4v) is 2.14. The number of halogens is 2. The Morgan fingerprint density at radius 3 is 2.60 bits per heavy atom. The smallest absolute Gasteiger partial charge is 0.387 e. The van der Waals surface area contributed by atoms with Crippen molar-refractivity contribution < 1.29 is 28.0 Å². The van der Waals surface area contributed by atoms with Crippen LogP contribution >= 0.6 is 0 Å². The number of carbonyl (C=O) groups excluding carboxylic acids is 1. The number of nitro groups is 1. The van der Waals surface area contributed by atoms with E-state index in [2.05, 4.69) is 10.1 Å². The van der Waals surface area contributed by atoms with Gasteiger partial charge in [-0.25, -0.2) is 0 Å². The molecule has 2 aromatic rings. The van der Waals surface area contributed by atoms with Gasteiger partial charge in [-0.3, -0.25) is 14.9 Å². The second kappa shape index (κ2) is 8.04. The van der Waals surface area contributed by atoms with Gasteiger partial charge in [0.15, 0.2) is 11.5 Å². The van der Waals surface area contributed by atoms with Crippen LogP contribution in [0.25, 0.3) is 0 Å². The molecule has 0 spiro atoms. The second-order valence-electron chi connectivity index (χ2n) is 4.87. The summed E-state index contributed by atoms with van der Waals surface area (Å²) in [5.41, 5.74) is 0.802. The van der Waals surface area contributed by atoms with Crippen molar-refractivity contribution in [1.82, 2.24) is 0 Å². The van der Waals surface area contributed by atoms with Crippen LogP contribution in [0, 0.1) is 10.1 Å². The molecule has 2 aromatic carbocycles. The summed E-state index contributed by atoms with van der Waals surface area (Å²) >= 11 is 0. The van der Waals surface area contributed by atoms with Crippen LogP contribution in [0.1, 0.15) is 15.9 Å². The molecule has 25 heavy (non-hydrogen) atoms. The molecule has 0 atom stereocenters. The number of anilines is 1. The molecular weight excluding hydrogens is 338 g/mol. The summed E-state index contributed by atoms with van der Waals surface area (Å²) in [6.45, 7) is -2.80. The largest absolute Gasteiger partial charge is 0.493 e. The summed E-state index contributed by atoms with van der Waals surface area (Å²) in [4.78, 5) is 21.2. The van der Waals surface area contributed by atoms with Crippen molar-refractivity contribution in [2.24, 2.45) is 0 Å². The Labute approximate surface area is 141 Å². The van der Waals surface area contributed by atoms with Gasteiger partial charge in [-0.2, -0.15) is 8.78 Å². The summed E-state index contributed by atoms with van der Waals surface area (Å²) < 4.78 is 33.9. The molecule has 0 fully saturated rings. The fourth-order valence-electron chi connectivity index (χ4n) is 2.14. The zero-order valence-electron chi connectivity index (χ0n) is 13.1. The SMILES string of the molecule is COc1cc(CNc2ccc(C=O)cc2[N+](=O)[O-])ccc1OC(F)F. The lowest BCUT2D eigenvalue weighted by Gasteiger charge is -2.12. The quantitative estimate of drug-likeness (QED) is 0.443. The third kappa shape index (κ3) is 4.63. The van der Waals surface area contributed by atoms with E-state index in [1.54, 1.807) is 0 Å². The van der Waals surface area contributed by atoms with Crippen molar-refractivity contribution in [2.75, 3.05) is 12.4 Å². The van der Waals surface area contributed by atoms with Crippen molar-refractivity contribution in [3.8, 4) is 11.5 Å². The molecule has 0 amide bonds. The second-order valence-corrected chi connectivity index (χ2v) is 4.87. The summed E-state index contributed by atoms with van der Waals surface area (Å²) in [6, 6.07) is 8.37. The average Bonchev–Trinajstić information content (AvgIpc) is 2.60. The maximum atomic E-state index is 12.3. The molecule has 0 aliphatic rings. The third-order valence-electron chi connectivity index (χ3n) is 3.28. The van der Waals surface area contributed by atoms with Crippen LogP contribution < -0.4 is 14.8 Å². The highest BCUT2D eigenvalue weighted by molar-refractivity contribution is 5.79. The maximum Gasteiger partial charge on any atom is 0.387 e. The van der Waals surface area contributed by atoms with Gasteiger partial charge in [0.2, 0.25) is 0 Å². The summed E-state index contributed by atoms with van der Waals surface area (Å²) in [6.07, 6.45) is 0.517. The summed E-state index contributed by atoms with van der Waals surface area (Å²) in [5, 5.41) is 14.0. The molecule has 9 heteroatoms. The Balaban J connectivity index is 2.18. The zero-order valence-corrected chi connectivity index (χ0v) is 13.1. The first-order valence-corrected chi connectivity index (χ1v) is 7.03. The Kier molecular flexibility index (Phi) is 5.83. The predicted octanol–water partition coefficient (Wildman–Crippen LogP) is 3.63. The van der Waals surface area contributed by atoms with Crippen molar-refractivity contribution in [3.63, 3.8) is 0 Å². The molecule has 7 nitrogen and oxygen atoms in total. The predicted molar refractivity (Wildman–Crippen MR) is 85.4 cm³/mol. The van der Waals surface area contributed by atoms with Gasteiger partial charge >= 0.3 is 6.61 Å². The number of rotatable bonds is 8. The van der Waals surface area contributed by atoms with E-state index in [1.807, 2.05) is 0 Å². The van der Waals surface area contributed by atoms with E-state index in [4.69, 9.17) is 4.74 Å². The van der Waals surface area contributed by atoms with Gasteiger partial charge < -0.3 is 14.8 Å². The van der Waals surface area contributed by atoms with E-state index in [-0.39, 0.29) is 35.0 Å². The molecule has 132 valence electrons. The van der Waals surface area contributed by atoms with Gasteiger partial charge in [0.05, 0.1) is 12.0 Å². The maximum absolute atomic E-state index is 12.3. The van der Waals surface area contributed by atoms with E-state index in [9.17, 15) is 23.7 Å². The molecule has 1 N–H and O–H groups in total. The van der Waals surface area contributed by atoms with Crippen LogP contribution in [-0.4, -0.2) is 24.9 Å². The molecule has 0 aliphatic carbocycles. The first-order chi connectivity index (χ1) is 11.9. The average molecular weight is 352 g/mol. The Morgan fingerprint density at radius 2 is 2.00 bits per heavy atom. The normalized spacial score (nSPS) is 10.4. The number of carbonyl (C=O) groups is 1. The van der Waals surface area contributed by atoms with Gasteiger partial charge in [-0.1, -0.05) is 6.07 Å². The van der Waals surface area contributed by atoms with Gasteiger partial charge in [0.1, 0.15) is 12.0 Å². The molecule has 0 saturated carbocycles. The highest BCUT2D eigenvalue weighted by Crippen LogP contribution is 2.30. The van der Waals surface area contributed by atoms with Crippen LogP contribution in [0.4, 0.5) is 20.2 Å². The van der Waals surface area contributed by atoms with E-state index >= 15 is 0 Å². The molecule has 0 saturated heterocycles. The van der Waals surface area contributed by atoms with Crippen LogP contribution in [0.5, 0.6) is 11.5 Å². The number of hydrogen-bond acceptors (Lipinski definition) is 6. The Bertz CT molecular complexity index is 783. The Morgan fingerprint density at radius 1 is 1.24 bits per heavy atom. The van der Waals surface area contributed by atoms with Crippen LogP contribution in [0.3, 0.4) is 0 Å². The molecular formula is C16H14F2N2O5. The number of ether oxygens (including phenoxy) is 2. The third-order valence-corrected chi connectivity index (χ3v) is 3.28. The van der Waals surface area contributed by atoms with Crippen LogP contribution in [-0.2, 0) is 6.54 Å². The molecule has 2 rings (SSSR count). The van der Waals surface area contributed by atoms with Crippen molar-refractivity contribution in [2.45, 2.75) is 13.2 Å². The van der Waals surface area contributed by atoms with E-state index in [1.165, 1.54) is 37.4 Å². The highest BCUT2D eigenvalue weighted by atomic mass is 19.3. The number of nitrogens with zero attached hydrogens (tertiary/aromatic N) is 1. The number of alkyl halides is 2. The van der Waals surface area contributed by atoms with Gasteiger partial charge in [0, 0.05) is 18.2 Å². The number of hydrogen-bond donors (Lipinski definition) is 1. The number of nitro benzene ring substituents is 1. The fraction of sp³-hybridized carbons (Fsp3) is 0.188. The van der Waals surface area contributed by atoms with Crippen LogP contribution in [0.2, 0.25) is 0 Å². The molecule has 0 aliphatic heterocycles. The number of methoxy groups -OCH3 is 1. The van der Waals surface area contributed by atoms with Crippen molar-refractivity contribution >= 4 is 17.7 Å². The topological polar surface area (TPSA) is 90.7 Å². The summed E-state index contributed by atoms with van der Waals surface area (Å²) in [5.74, 6) is 0.00738. The lowest BCUT2D eigenvalue weighted by Crippen LogP contribution is -2.06. The molecule has 0 unspecified atom stereocenters. The van der Waals surface area contributed by atoms with Crippen molar-refractivity contribution in [3.05, 3.63) is 57.6 Å². The van der Waals surface area contributed by atoms with E-state index < -0.39 is 11.5 Å².